The summed E-state index contributed by atoms with van der Waals surface area (Å²) in [5.41, 5.74) is 1.02. The van der Waals surface area contributed by atoms with Crippen LogP contribution in [0.1, 0.15) is 44.3 Å². The van der Waals surface area contributed by atoms with Crippen molar-refractivity contribution >= 4 is 11.8 Å². The van der Waals surface area contributed by atoms with Gasteiger partial charge in [-0.25, -0.2) is 0 Å². The first-order chi connectivity index (χ1) is 8.34. The van der Waals surface area contributed by atoms with Gasteiger partial charge in [0.05, 0.1) is 5.69 Å². The van der Waals surface area contributed by atoms with Crippen LogP contribution in [-0.4, -0.2) is 28.5 Å². The number of unbranched alkanes of at least 4 members (excludes halogenated alkanes) is 3. The third kappa shape index (κ3) is 6.64. The van der Waals surface area contributed by atoms with Crippen LogP contribution in [-0.2, 0) is 0 Å². The highest BCUT2D eigenvalue weighted by atomic mass is 32.2. The minimum atomic E-state index is 0.301. The SMILES string of the molecule is CSCCCCCCNC(C)c1cnccn1. The summed E-state index contributed by atoms with van der Waals surface area (Å²) in [5.74, 6) is 1.30. The lowest BCUT2D eigenvalue weighted by Gasteiger charge is -2.12. The molecule has 1 heterocycles. The van der Waals surface area contributed by atoms with Gasteiger partial charge in [0.25, 0.3) is 0 Å². The van der Waals surface area contributed by atoms with Crippen molar-refractivity contribution in [3.05, 3.63) is 24.3 Å². The maximum absolute atomic E-state index is 4.29. The zero-order valence-corrected chi connectivity index (χ0v) is 11.7. The highest BCUT2D eigenvalue weighted by molar-refractivity contribution is 7.98. The average Bonchev–Trinajstić information content (AvgIpc) is 2.38. The number of hydrogen-bond donors (Lipinski definition) is 1. The largest absolute Gasteiger partial charge is 0.309 e. The molecule has 0 aliphatic rings. The van der Waals surface area contributed by atoms with E-state index in [-0.39, 0.29) is 0 Å². The molecule has 0 aliphatic heterocycles. The molecule has 17 heavy (non-hydrogen) atoms. The number of hydrogen-bond acceptors (Lipinski definition) is 4. The highest BCUT2D eigenvalue weighted by Crippen LogP contribution is 2.08. The van der Waals surface area contributed by atoms with Crippen molar-refractivity contribution in [1.29, 1.82) is 0 Å². The van der Waals surface area contributed by atoms with E-state index >= 15 is 0 Å². The van der Waals surface area contributed by atoms with Gasteiger partial charge in [0, 0.05) is 24.6 Å². The maximum Gasteiger partial charge on any atom is 0.0753 e. The Bertz CT molecular complexity index is 279. The van der Waals surface area contributed by atoms with Gasteiger partial charge in [-0.05, 0) is 38.3 Å². The van der Waals surface area contributed by atoms with Crippen molar-refractivity contribution in [1.82, 2.24) is 15.3 Å². The summed E-state index contributed by atoms with van der Waals surface area (Å²) in [7, 11) is 0. The van der Waals surface area contributed by atoms with Gasteiger partial charge in [-0.1, -0.05) is 12.8 Å². The van der Waals surface area contributed by atoms with Crippen molar-refractivity contribution in [2.75, 3.05) is 18.6 Å². The molecular weight excluding hydrogens is 230 g/mol. The summed E-state index contributed by atoms with van der Waals surface area (Å²) < 4.78 is 0. The molecule has 1 aromatic rings. The number of rotatable bonds is 9. The molecule has 1 aromatic heterocycles. The molecule has 96 valence electrons. The number of aromatic nitrogens is 2. The predicted octanol–water partition coefficient (Wildman–Crippen LogP) is 3.05. The predicted molar refractivity (Wildman–Crippen MR) is 75.3 cm³/mol. The van der Waals surface area contributed by atoms with Gasteiger partial charge in [-0.3, -0.25) is 9.97 Å². The quantitative estimate of drug-likeness (QED) is 0.686. The van der Waals surface area contributed by atoms with Crippen LogP contribution in [0.15, 0.2) is 18.6 Å². The zero-order chi connectivity index (χ0) is 12.3. The molecule has 1 atom stereocenters. The Hall–Kier alpha value is -0.610. The Morgan fingerprint density at radius 1 is 1.24 bits per heavy atom. The monoisotopic (exact) mass is 253 g/mol. The molecule has 0 saturated carbocycles. The fourth-order valence-electron chi connectivity index (χ4n) is 1.68. The zero-order valence-electron chi connectivity index (χ0n) is 10.9. The second-order valence-electron chi connectivity index (χ2n) is 4.21. The molecule has 0 saturated heterocycles. The number of nitrogens with zero attached hydrogens (tertiary/aromatic N) is 2. The van der Waals surface area contributed by atoms with Gasteiger partial charge in [0.2, 0.25) is 0 Å². The lowest BCUT2D eigenvalue weighted by atomic mass is 10.2. The van der Waals surface area contributed by atoms with Crippen molar-refractivity contribution < 1.29 is 0 Å². The molecule has 0 radical (unpaired) electrons. The second-order valence-corrected chi connectivity index (χ2v) is 5.20. The summed E-state index contributed by atoms with van der Waals surface area (Å²) in [5, 5.41) is 3.48. The van der Waals surface area contributed by atoms with Crippen molar-refractivity contribution in [3.63, 3.8) is 0 Å². The summed E-state index contributed by atoms with van der Waals surface area (Å²) in [6.07, 6.45) is 12.7. The Morgan fingerprint density at radius 2 is 2.06 bits per heavy atom. The third-order valence-corrected chi connectivity index (χ3v) is 3.45. The standard InChI is InChI=1S/C13H23N3S/c1-12(13-11-14-8-9-16-13)15-7-5-3-4-6-10-17-2/h8-9,11-12,15H,3-7,10H2,1-2H3. The second kappa shape index (κ2) is 9.42. The first-order valence-electron chi connectivity index (χ1n) is 6.33. The van der Waals surface area contributed by atoms with Gasteiger partial charge in [0.1, 0.15) is 0 Å². The maximum atomic E-state index is 4.29. The van der Waals surface area contributed by atoms with Gasteiger partial charge in [-0.15, -0.1) is 0 Å². The van der Waals surface area contributed by atoms with E-state index in [0.29, 0.717) is 6.04 Å². The van der Waals surface area contributed by atoms with Gasteiger partial charge in [-0.2, -0.15) is 11.8 Å². The van der Waals surface area contributed by atoms with E-state index in [0.717, 1.165) is 12.2 Å². The van der Waals surface area contributed by atoms with Crippen LogP contribution < -0.4 is 5.32 Å². The average molecular weight is 253 g/mol. The number of thioether (sulfide) groups is 1. The topological polar surface area (TPSA) is 37.8 Å². The summed E-state index contributed by atoms with van der Waals surface area (Å²) in [4.78, 5) is 8.37. The lowest BCUT2D eigenvalue weighted by molar-refractivity contribution is 0.527. The molecule has 1 N–H and O–H groups in total. The highest BCUT2D eigenvalue weighted by Gasteiger charge is 2.04. The molecule has 0 bridgehead atoms. The van der Waals surface area contributed by atoms with Crippen molar-refractivity contribution in [3.8, 4) is 0 Å². The molecule has 1 rings (SSSR count). The molecule has 0 amide bonds. The Balaban J connectivity index is 2.03. The van der Waals surface area contributed by atoms with Crippen LogP contribution in [0.4, 0.5) is 0 Å². The van der Waals surface area contributed by atoms with E-state index < -0.39 is 0 Å². The van der Waals surface area contributed by atoms with Crippen LogP contribution in [0, 0.1) is 0 Å². The lowest BCUT2D eigenvalue weighted by Crippen LogP contribution is -2.20. The van der Waals surface area contributed by atoms with Crippen LogP contribution in [0.25, 0.3) is 0 Å². The first-order valence-corrected chi connectivity index (χ1v) is 7.72. The third-order valence-electron chi connectivity index (χ3n) is 2.75. The Kier molecular flexibility index (Phi) is 8.01. The summed E-state index contributed by atoms with van der Waals surface area (Å²) in [6.45, 7) is 3.20. The van der Waals surface area contributed by atoms with Crippen molar-refractivity contribution in [2.24, 2.45) is 0 Å². The summed E-state index contributed by atoms with van der Waals surface area (Å²) in [6, 6.07) is 0.301. The molecule has 0 spiro atoms. The normalized spacial score (nSPS) is 12.6. The van der Waals surface area contributed by atoms with Crippen LogP contribution in [0.2, 0.25) is 0 Å². The molecule has 0 aromatic carbocycles. The van der Waals surface area contributed by atoms with E-state index in [9.17, 15) is 0 Å². The van der Waals surface area contributed by atoms with E-state index in [4.69, 9.17) is 0 Å². The van der Waals surface area contributed by atoms with Gasteiger partial charge < -0.3 is 5.32 Å². The van der Waals surface area contributed by atoms with Gasteiger partial charge >= 0.3 is 0 Å². The summed E-state index contributed by atoms with van der Waals surface area (Å²) >= 11 is 1.94. The molecule has 0 aliphatic carbocycles. The fraction of sp³-hybridized carbons (Fsp3) is 0.692. The Morgan fingerprint density at radius 3 is 2.76 bits per heavy atom. The smallest absolute Gasteiger partial charge is 0.0753 e. The van der Waals surface area contributed by atoms with Crippen LogP contribution >= 0.6 is 11.8 Å². The van der Waals surface area contributed by atoms with Gasteiger partial charge in [0.15, 0.2) is 0 Å². The minimum absolute atomic E-state index is 0.301. The van der Waals surface area contributed by atoms with Crippen LogP contribution in [0.3, 0.4) is 0 Å². The molecule has 3 nitrogen and oxygen atoms in total. The van der Waals surface area contributed by atoms with Crippen molar-refractivity contribution in [2.45, 2.75) is 38.6 Å². The fourth-order valence-corrected chi connectivity index (χ4v) is 2.18. The van der Waals surface area contributed by atoms with E-state index in [1.54, 1.807) is 12.4 Å². The minimum Gasteiger partial charge on any atom is -0.309 e. The molecule has 4 heteroatoms. The Labute approximate surface area is 109 Å². The first kappa shape index (κ1) is 14.5. The van der Waals surface area contributed by atoms with E-state index in [1.807, 2.05) is 18.0 Å². The van der Waals surface area contributed by atoms with E-state index in [2.05, 4.69) is 28.5 Å². The molecule has 0 fully saturated rings. The van der Waals surface area contributed by atoms with E-state index in [1.165, 1.54) is 31.4 Å². The van der Waals surface area contributed by atoms with Crippen LogP contribution in [0.5, 0.6) is 0 Å². The number of nitrogens with one attached hydrogen (secondary N) is 1. The molecular formula is C13H23N3S. The molecule has 1 unspecified atom stereocenters.